The predicted molar refractivity (Wildman–Crippen MR) is 89.8 cm³/mol. The fourth-order valence-corrected chi connectivity index (χ4v) is 2.05. The number of amides is 2. The van der Waals surface area contributed by atoms with Crippen molar-refractivity contribution >= 4 is 17.5 Å². The summed E-state index contributed by atoms with van der Waals surface area (Å²) in [7, 11) is 1.57. The summed E-state index contributed by atoms with van der Waals surface area (Å²) in [6.07, 6.45) is 0.918. The Morgan fingerprint density at radius 3 is 2.48 bits per heavy atom. The van der Waals surface area contributed by atoms with E-state index in [1.165, 1.54) is 0 Å². The molecule has 0 aromatic heterocycles. The minimum Gasteiger partial charge on any atom is -0.484 e. The van der Waals surface area contributed by atoms with Crippen molar-refractivity contribution in [1.82, 2.24) is 5.32 Å². The Morgan fingerprint density at radius 2 is 1.83 bits per heavy atom. The lowest BCUT2D eigenvalue weighted by molar-refractivity contribution is -0.118. The Hall–Kier alpha value is -2.82. The Balaban J connectivity index is 1.88. The van der Waals surface area contributed by atoms with Crippen LogP contribution in [0.1, 0.15) is 22.8 Å². The van der Waals surface area contributed by atoms with Crippen molar-refractivity contribution in [3.8, 4) is 5.75 Å². The molecule has 5 nitrogen and oxygen atoms in total. The second kappa shape index (κ2) is 7.98. The fraction of sp³-hybridized carbons (Fsp3) is 0.222. The molecule has 0 bridgehead atoms. The second-order valence-electron chi connectivity index (χ2n) is 4.99. The first-order chi connectivity index (χ1) is 11.1. The fourth-order valence-electron chi connectivity index (χ4n) is 2.05. The lowest BCUT2D eigenvalue weighted by atomic mass is 10.2. The summed E-state index contributed by atoms with van der Waals surface area (Å²) < 4.78 is 5.49. The lowest BCUT2D eigenvalue weighted by Crippen LogP contribution is -2.20. The molecule has 2 aromatic rings. The number of hydrogen-bond acceptors (Lipinski definition) is 3. The van der Waals surface area contributed by atoms with E-state index in [4.69, 9.17) is 4.74 Å². The van der Waals surface area contributed by atoms with Crippen LogP contribution in [0.25, 0.3) is 0 Å². The van der Waals surface area contributed by atoms with Crippen LogP contribution in [0.2, 0.25) is 0 Å². The van der Waals surface area contributed by atoms with Crippen molar-refractivity contribution < 1.29 is 14.3 Å². The molecular formula is C18H20N2O3. The van der Waals surface area contributed by atoms with Crippen molar-refractivity contribution in [3.63, 3.8) is 0 Å². The average molecular weight is 312 g/mol. The van der Waals surface area contributed by atoms with Gasteiger partial charge in [-0.3, -0.25) is 9.59 Å². The zero-order valence-corrected chi connectivity index (χ0v) is 13.3. The topological polar surface area (TPSA) is 67.4 Å². The number of carbonyl (C=O) groups is 2. The van der Waals surface area contributed by atoms with Gasteiger partial charge in [0.2, 0.25) is 0 Å². The van der Waals surface area contributed by atoms with Gasteiger partial charge in [0.15, 0.2) is 6.61 Å². The SMILES string of the molecule is CCc1cccc(OCC(=O)Nc2ccc(C(=O)NC)cc2)c1. The Labute approximate surface area is 135 Å². The monoisotopic (exact) mass is 312 g/mol. The Bertz CT molecular complexity index is 681. The highest BCUT2D eigenvalue weighted by Gasteiger charge is 2.06. The molecule has 0 aliphatic carbocycles. The van der Waals surface area contributed by atoms with Gasteiger partial charge in [-0.15, -0.1) is 0 Å². The maximum Gasteiger partial charge on any atom is 0.262 e. The standard InChI is InChI=1S/C18H20N2O3/c1-3-13-5-4-6-16(11-13)23-12-17(21)20-15-9-7-14(8-10-15)18(22)19-2/h4-11H,3,12H2,1-2H3,(H,19,22)(H,20,21). The van der Waals surface area contributed by atoms with Gasteiger partial charge < -0.3 is 15.4 Å². The van der Waals surface area contributed by atoms with Crippen molar-refractivity contribution in [1.29, 1.82) is 0 Å². The third-order valence-electron chi connectivity index (χ3n) is 3.33. The summed E-state index contributed by atoms with van der Waals surface area (Å²) >= 11 is 0. The van der Waals surface area contributed by atoms with Crippen LogP contribution in [0.5, 0.6) is 5.75 Å². The van der Waals surface area contributed by atoms with E-state index in [2.05, 4.69) is 17.6 Å². The average Bonchev–Trinajstić information content (AvgIpc) is 2.60. The number of rotatable bonds is 6. The van der Waals surface area contributed by atoms with E-state index < -0.39 is 0 Å². The smallest absolute Gasteiger partial charge is 0.262 e. The zero-order valence-electron chi connectivity index (χ0n) is 13.3. The summed E-state index contributed by atoms with van der Waals surface area (Å²) in [5, 5.41) is 5.27. The molecule has 0 radical (unpaired) electrons. The number of aryl methyl sites for hydroxylation is 1. The molecule has 2 amide bonds. The van der Waals surface area contributed by atoms with E-state index >= 15 is 0 Å². The van der Waals surface area contributed by atoms with Crippen LogP contribution in [-0.4, -0.2) is 25.5 Å². The molecule has 23 heavy (non-hydrogen) atoms. The van der Waals surface area contributed by atoms with Gasteiger partial charge in [-0.1, -0.05) is 19.1 Å². The maximum atomic E-state index is 11.9. The molecule has 0 aliphatic rings. The Kier molecular flexibility index (Phi) is 5.74. The Morgan fingerprint density at radius 1 is 1.09 bits per heavy atom. The third kappa shape index (κ3) is 4.85. The molecule has 0 aliphatic heterocycles. The minimum absolute atomic E-state index is 0.0651. The molecule has 0 saturated heterocycles. The van der Waals surface area contributed by atoms with Crippen molar-refractivity contribution in [2.24, 2.45) is 0 Å². The third-order valence-corrected chi connectivity index (χ3v) is 3.33. The molecule has 0 atom stereocenters. The largest absolute Gasteiger partial charge is 0.484 e. The summed E-state index contributed by atoms with van der Waals surface area (Å²) in [6, 6.07) is 14.3. The van der Waals surface area contributed by atoms with Gasteiger partial charge in [-0.25, -0.2) is 0 Å². The summed E-state index contributed by atoms with van der Waals surface area (Å²) in [4.78, 5) is 23.3. The highest BCUT2D eigenvalue weighted by Crippen LogP contribution is 2.14. The van der Waals surface area contributed by atoms with Gasteiger partial charge in [0.05, 0.1) is 0 Å². The molecule has 0 fully saturated rings. The van der Waals surface area contributed by atoms with E-state index in [-0.39, 0.29) is 18.4 Å². The number of anilines is 1. The van der Waals surface area contributed by atoms with E-state index in [1.807, 2.05) is 24.3 Å². The molecule has 0 heterocycles. The van der Waals surface area contributed by atoms with E-state index in [9.17, 15) is 9.59 Å². The maximum absolute atomic E-state index is 11.9. The highest BCUT2D eigenvalue weighted by molar-refractivity contribution is 5.95. The second-order valence-corrected chi connectivity index (χ2v) is 4.99. The van der Waals surface area contributed by atoms with Crippen molar-refractivity contribution in [2.75, 3.05) is 19.0 Å². The first-order valence-electron chi connectivity index (χ1n) is 7.46. The van der Waals surface area contributed by atoms with E-state index in [0.29, 0.717) is 17.0 Å². The van der Waals surface area contributed by atoms with E-state index in [1.54, 1.807) is 31.3 Å². The van der Waals surface area contributed by atoms with Gasteiger partial charge in [0, 0.05) is 18.3 Å². The predicted octanol–water partition coefficient (Wildman–Crippen LogP) is 2.63. The van der Waals surface area contributed by atoms with Gasteiger partial charge in [0.25, 0.3) is 11.8 Å². The molecule has 2 rings (SSSR count). The molecular weight excluding hydrogens is 292 g/mol. The number of nitrogens with one attached hydrogen (secondary N) is 2. The van der Waals surface area contributed by atoms with Crippen LogP contribution in [-0.2, 0) is 11.2 Å². The van der Waals surface area contributed by atoms with Crippen LogP contribution in [0.3, 0.4) is 0 Å². The minimum atomic E-state index is -0.250. The molecule has 5 heteroatoms. The molecule has 0 spiro atoms. The van der Waals surface area contributed by atoms with Crippen LogP contribution >= 0.6 is 0 Å². The van der Waals surface area contributed by atoms with Gasteiger partial charge in [-0.05, 0) is 48.4 Å². The van der Waals surface area contributed by atoms with Crippen LogP contribution in [0.15, 0.2) is 48.5 Å². The summed E-state index contributed by atoms with van der Waals surface area (Å²) in [5.74, 6) is 0.260. The number of carbonyl (C=O) groups excluding carboxylic acids is 2. The molecule has 2 aromatic carbocycles. The van der Waals surface area contributed by atoms with Gasteiger partial charge in [0.1, 0.15) is 5.75 Å². The normalized spacial score (nSPS) is 10.0. The molecule has 2 N–H and O–H groups in total. The zero-order chi connectivity index (χ0) is 16.7. The molecule has 0 unspecified atom stereocenters. The van der Waals surface area contributed by atoms with Crippen LogP contribution in [0.4, 0.5) is 5.69 Å². The van der Waals surface area contributed by atoms with Crippen molar-refractivity contribution in [3.05, 3.63) is 59.7 Å². The lowest BCUT2D eigenvalue weighted by Gasteiger charge is -2.09. The quantitative estimate of drug-likeness (QED) is 0.861. The summed E-state index contributed by atoms with van der Waals surface area (Å²) in [5.41, 5.74) is 2.32. The highest BCUT2D eigenvalue weighted by atomic mass is 16.5. The van der Waals surface area contributed by atoms with Crippen LogP contribution < -0.4 is 15.4 Å². The number of hydrogen-bond donors (Lipinski definition) is 2. The number of benzene rings is 2. The van der Waals surface area contributed by atoms with Gasteiger partial charge in [-0.2, -0.15) is 0 Å². The first kappa shape index (κ1) is 16.5. The number of ether oxygens (including phenoxy) is 1. The molecule has 0 saturated carbocycles. The van der Waals surface area contributed by atoms with Gasteiger partial charge >= 0.3 is 0 Å². The van der Waals surface area contributed by atoms with Crippen molar-refractivity contribution in [2.45, 2.75) is 13.3 Å². The first-order valence-corrected chi connectivity index (χ1v) is 7.46. The van der Waals surface area contributed by atoms with Crippen LogP contribution in [0, 0.1) is 0 Å². The summed E-state index contributed by atoms with van der Waals surface area (Å²) in [6.45, 7) is 2.00. The van der Waals surface area contributed by atoms with E-state index in [0.717, 1.165) is 12.0 Å². The molecule has 120 valence electrons.